The van der Waals surface area contributed by atoms with Crippen LogP contribution in [0.3, 0.4) is 0 Å². The zero-order valence-corrected chi connectivity index (χ0v) is 8.97. The molecule has 0 spiro atoms. The van der Waals surface area contributed by atoms with E-state index in [0.717, 1.165) is 12.1 Å². The van der Waals surface area contributed by atoms with Crippen LogP contribution in [0, 0.1) is 17.0 Å². The van der Waals surface area contributed by atoms with Gasteiger partial charge in [0.25, 0.3) is 5.69 Å². The van der Waals surface area contributed by atoms with Gasteiger partial charge in [-0.1, -0.05) is 11.6 Å². The van der Waals surface area contributed by atoms with E-state index in [-0.39, 0.29) is 5.56 Å². The normalized spacial score (nSPS) is 11.4. The maximum atomic E-state index is 12.7. The van der Waals surface area contributed by atoms with E-state index in [1.54, 1.807) is 0 Å². The molecule has 0 atom stereocenters. The number of nitro groups is 1. The largest absolute Gasteiger partial charge is 0.333 e. The van der Waals surface area contributed by atoms with Crippen molar-refractivity contribution in [2.75, 3.05) is 0 Å². The molecule has 0 aromatic heterocycles. The van der Waals surface area contributed by atoms with Crippen LogP contribution in [0.5, 0.6) is 0 Å². The maximum Gasteiger partial charge on any atom is 0.333 e. The summed E-state index contributed by atoms with van der Waals surface area (Å²) in [7, 11) is -5.05. The summed E-state index contributed by atoms with van der Waals surface area (Å²) in [5.74, 6) is 0. The molecule has 0 aliphatic carbocycles. The van der Waals surface area contributed by atoms with E-state index in [9.17, 15) is 22.4 Å². The summed E-state index contributed by atoms with van der Waals surface area (Å²) in [6.45, 7) is 1.40. The molecule has 0 heterocycles. The van der Waals surface area contributed by atoms with Gasteiger partial charge in [-0.3, -0.25) is 10.1 Å². The van der Waals surface area contributed by atoms with E-state index < -0.39 is 30.8 Å². The third-order valence-electron chi connectivity index (χ3n) is 1.62. The van der Waals surface area contributed by atoms with Crippen LogP contribution < -0.4 is 0 Å². The van der Waals surface area contributed by atoms with Crippen LogP contribution in [0.1, 0.15) is 5.56 Å². The van der Waals surface area contributed by atoms with Crippen molar-refractivity contribution in [3.05, 3.63) is 32.8 Å². The van der Waals surface area contributed by atoms with E-state index in [1.807, 2.05) is 0 Å². The average molecular weight is 254 g/mol. The Morgan fingerprint density at radius 3 is 2.40 bits per heavy atom. The van der Waals surface area contributed by atoms with Crippen molar-refractivity contribution >= 4 is 27.5 Å². The van der Waals surface area contributed by atoms with Gasteiger partial charge in [0.15, 0.2) is 0 Å². The molecule has 0 saturated carbocycles. The van der Waals surface area contributed by atoms with E-state index >= 15 is 0 Å². The lowest BCUT2D eigenvalue weighted by Crippen LogP contribution is -1.98. The Hall–Kier alpha value is -1.21. The standard InChI is InChI=1S/C7H5ClFNO4S/c1-4-2-5(10(11)12)7(8)6(3-4)15(9,13)14/h2-3H,1H3. The molecular formula is C7H5ClFNO4S. The van der Waals surface area contributed by atoms with Gasteiger partial charge >= 0.3 is 10.2 Å². The Bertz CT molecular complexity index is 528. The first kappa shape index (κ1) is 11.9. The van der Waals surface area contributed by atoms with Gasteiger partial charge in [-0.25, -0.2) is 0 Å². The Kier molecular flexibility index (Phi) is 2.96. The second kappa shape index (κ2) is 3.74. The minimum atomic E-state index is -5.05. The van der Waals surface area contributed by atoms with Gasteiger partial charge in [0.1, 0.15) is 9.92 Å². The molecule has 82 valence electrons. The summed E-state index contributed by atoms with van der Waals surface area (Å²) in [5, 5.41) is 9.74. The number of benzene rings is 1. The quantitative estimate of drug-likeness (QED) is 0.460. The number of halogens is 2. The van der Waals surface area contributed by atoms with Crippen molar-refractivity contribution in [1.82, 2.24) is 0 Å². The second-order valence-electron chi connectivity index (χ2n) is 2.79. The monoisotopic (exact) mass is 253 g/mol. The molecule has 0 radical (unpaired) electrons. The molecule has 15 heavy (non-hydrogen) atoms. The summed E-state index contributed by atoms with van der Waals surface area (Å²) in [6.07, 6.45) is 0. The van der Waals surface area contributed by atoms with E-state index in [2.05, 4.69) is 0 Å². The molecule has 0 N–H and O–H groups in total. The smallest absolute Gasteiger partial charge is 0.258 e. The number of hydrogen-bond donors (Lipinski definition) is 0. The van der Waals surface area contributed by atoms with Gasteiger partial charge in [-0.2, -0.15) is 8.42 Å². The summed E-state index contributed by atoms with van der Waals surface area (Å²) >= 11 is 5.40. The summed E-state index contributed by atoms with van der Waals surface area (Å²) in [6, 6.07) is 2.00. The van der Waals surface area contributed by atoms with Gasteiger partial charge in [-0.05, 0) is 18.6 Å². The molecule has 1 aromatic carbocycles. The van der Waals surface area contributed by atoms with Crippen LogP contribution in [0.15, 0.2) is 17.0 Å². The van der Waals surface area contributed by atoms with E-state index in [4.69, 9.17) is 11.6 Å². The predicted molar refractivity (Wildman–Crippen MR) is 51.1 cm³/mol. The lowest BCUT2D eigenvalue weighted by molar-refractivity contribution is -0.385. The highest BCUT2D eigenvalue weighted by atomic mass is 35.5. The van der Waals surface area contributed by atoms with E-state index in [1.165, 1.54) is 6.92 Å². The Labute approximate surface area is 89.8 Å². The van der Waals surface area contributed by atoms with Crippen molar-refractivity contribution in [2.45, 2.75) is 11.8 Å². The minimum absolute atomic E-state index is 0.238. The molecular weight excluding hydrogens is 249 g/mol. The highest BCUT2D eigenvalue weighted by Crippen LogP contribution is 2.33. The van der Waals surface area contributed by atoms with Crippen LogP contribution >= 0.6 is 11.6 Å². The lowest BCUT2D eigenvalue weighted by atomic mass is 10.2. The van der Waals surface area contributed by atoms with Crippen molar-refractivity contribution in [3.8, 4) is 0 Å². The third-order valence-corrected chi connectivity index (χ3v) is 2.98. The molecule has 1 aromatic rings. The molecule has 0 aliphatic rings. The first-order valence-corrected chi connectivity index (χ1v) is 5.39. The molecule has 0 amide bonds. The zero-order chi connectivity index (χ0) is 11.8. The fourth-order valence-corrected chi connectivity index (χ4v) is 2.13. The lowest BCUT2D eigenvalue weighted by Gasteiger charge is -2.01. The van der Waals surface area contributed by atoms with Crippen molar-refractivity contribution in [2.24, 2.45) is 0 Å². The minimum Gasteiger partial charge on any atom is -0.258 e. The molecule has 0 unspecified atom stereocenters. The van der Waals surface area contributed by atoms with Gasteiger partial charge in [0.2, 0.25) is 0 Å². The molecule has 0 saturated heterocycles. The fraction of sp³-hybridized carbons (Fsp3) is 0.143. The second-order valence-corrected chi connectivity index (χ2v) is 4.48. The average Bonchev–Trinajstić information content (AvgIpc) is 2.06. The first-order chi connectivity index (χ1) is 6.73. The Morgan fingerprint density at radius 1 is 1.47 bits per heavy atom. The van der Waals surface area contributed by atoms with Crippen molar-refractivity contribution < 1.29 is 17.2 Å². The molecule has 0 bridgehead atoms. The Balaban J connectivity index is 3.63. The van der Waals surface area contributed by atoms with Crippen LogP contribution in [0.2, 0.25) is 5.02 Å². The topological polar surface area (TPSA) is 77.3 Å². The fourth-order valence-electron chi connectivity index (χ4n) is 1.03. The van der Waals surface area contributed by atoms with Crippen molar-refractivity contribution in [3.63, 3.8) is 0 Å². The van der Waals surface area contributed by atoms with Gasteiger partial charge < -0.3 is 0 Å². The van der Waals surface area contributed by atoms with Crippen LogP contribution in [-0.2, 0) is 10.2 Å². The number of aryl methyl sites for hydroxylation is 1. The van der Waals surface area contributed by atoms with Crippen LogP contribution in [0.4, 0.5) is 9.57 Å². The number of rotatable bonds is 2. The van der Waals surface area contributed by atoms with Gasteiger partial charge in [0.05, 0.1) is 4.92 Å². The maximum absolute atomic E-state index is 12.7. The molecule has 0 aliphatic heterocycles. The number of nitrogens with zero attached hydrogens (tertiary/aromatic N) is 1. The SMILES string of the molecule is Cc1cc([N+](=O)[O-])c(Cl)c(S(=O)(=O)F)c1. The van der Waals surface area contributed by atoms with Crippen LogP contribution in [-0.4, -0.2) is 13.3 Å². The van der Waals surface area contributed by atoms with Gasteiger partial charge in [-0.15, -0.1) is 3.89 Å². The number of hydrogen-bond acceptors (Lipinski definition) is 4. The third kappa shape index (κ3) is 2.42. The van der Waals surface area contributed by atoms with Crippen LogP contribution in [0.25, 0.3) is 0 Å². The highest BCUT2D eigenvalue weighted by Gasteiger charge is 2.25. The molecule has 0 fully saturated rings. The molecule has 8 heteroatoms. The van der Waals surface area contributed by atoms with Gasteiger partial charge in [0, 0.05) is 6.07 Å². The highest BCUT2D eigenvalue weighted by molar-refractivity contribution is 7.86. The van der Waals surface area contributed by atoms with E-state index in [0.29, 0.717) is 0 Å². The first-order valence-electron chi connectivity index (χ1n) is 3.62. The number of nitro benzene ring substituents is 1. The Morgan fingerprint density at radius 2 is 2.00 bits per heavy atom. The van der Waals surface area contributed by atoms with Crippen molar-refractivity contribution in [1.29, 1.82) is 0 Å². The summed E-state index contributed by atoms with van der Waals surface area (Å²) in [4.78, 5) is 8.71. The molecule has 5 nitrogen and oxygen atoms in total. The predicted octanol–water partition coefficient (Wildman–Crippen LogP) is 2.21. The molecule has 1 rings (SSSR count). The zero-order valence-electron chi connectivity index (χ0n) is 7.40. The summed E-state index contributed by atoms with van der Waals surface area (Å²) < 4.78 is 33.9. The summed E-state index contributed by atoms with van der Waals surface area (Å²) in [5.41, 5.74) is -0.393.